The number of benzene rings is 2. The standard InChI is InChI=1S/C34H34N8O10S3/c43-14-12-41(13-15-44)55(51,52)22-8-6-19(7-9-22)24-11-10-23(29(45)36-24)30(46)37-26(20-4-2-1-3-5-20)31(47)38-27-32(48)42-28(34(49)50)21(18-54-33(27)42)17-53-25-16-35-40-39-25/h1-11,16,26-27,33,43-44H,12-15,17-18H2,(H,36,45)(H,37,46)(H,38,47)(H,49,50)(H,35,39,40)/t26?,27?,33-/m0/s1. The molecule has 7 N–H and O–H groups in total. The summed E-state index contributed by atoms with van der Waals surface area (Å²) < 4.78 is 26.9. The quantitative estimate of drug-likeness (QED) is 0.0587. The fraction of sp³-hybridized carbons (Fsp3) is 0.265. The van der Waals surface area contributed by atoms with Gasteiger partial charge in [-0.15, -0.1) is 28.6 Å². The summed E-state index contributed by atoms with van der Waals surface area (Å²) in [5, 5.41) is 43.7. The predicted molar refractivity (Wildman–Crippen MR) is 199 cm³/mol. The van der Waals surface area contributed by atoms with Gasteiger partial charge in [-0.2, -0.15) is 4.31 Å². The maximum absolute atomic E-state index is 13.8. The molecule has 1 fully saturated rings. The average molecular weight is 811 g/mol. The Morgan fingerprint density at radius 3 is 2.35 bits per heavy atom. The molecule has 0 aliphatic carbocycles. The fourth-order valence-electron chi connectivity index (χ4n) is 5.96. The molecule has 18 nitrogen and oxygen atoms in total. The molecule has 0 bridgehead atoms. The number of sulfonamides is 1. The first-order chi connectivity index (χ1) is 26.4. The minimum absolute atomic E-state index is 0.0954. The smallest absolute Gasteiger partial charge is 0.352 e. The van der Waals surface area contributed by atoms with Crippen molar-refractivity contribution in [2.24, 2.45) is 0 Å². The predicted octanol–water partition coefficient (Wildman–Crippen LogP) is 0.137. The van der Waals surface area contributed by atoms with E-state index in [2.05, 4.69) is 31.0 Å². The first-order valence-corrected chi connectivity index (χ1v) is 20.0. The molecule has 55 heavy (non-hydrogen) atoms. The molecule has 6 rings (SSSR count). The third-order valence-corrected chi connectivity index (χ3v) is 12.9. The molecule has 0 radical (unpaired) electrons. The third-order valence-electron chi connectivity index (χ3n) is 8.67. The van der Waals surface area contributed by atoms with Gasteiger partial charge in [-0.1, -0.05) is 47.7 Å². The largest absolute Gasteiger partial charge is 0.477 e. The number of β-lactam (4-membered cyclic amide) rings is 1. The van der Waals surface area contributed by atoms with Crippen molar-refractivity contribution in [3.05, 3.63) is 106 Å². The molecule has 2 aliphatic heterocycles. The number of aliphatic hydroxyl groups is 2. The molecule has 288 valence electrons. The van der Waals surface area contributed by atoms with Crippen LogP contribution in [0.1, 0.15) is 22.0 Å². The van der Waals surface area contributed by atoms with Crippen LogP contribution in [0.3, 0.4) is 0 Å². The highest BCUT2D eigenvalue weighted by molar-refractivity contribution is 8.01. The minimum Gasteiger partial charge on any atom is -0.477 e. The van der Waals surface area contributed by atoms with Crippen LogP contribution in [0.25, 0.3) is 11.3 Å². The van der Waals surface area contributed by atoms with E-state index < -0.39 is 69.9 Å². The molecule has 3 amide bonds. The van der Waals surface area contributed by atoms with Crippen LogP contribution in [0.5, 0.6) is 0 Å². The number of hydrogen-bond donors (Lipinski definition) is 7. The van der Waals surface area contributed by atoms with Crippen molar-refractivity contribution in [3.63, 3.8) is 0 Å². The number of pyridine rings is 1. The normalized spacial score (nSPS) is 17.4. The number of nitrogens with one attached hydrogen (secondary N) is 4. The molecule has 4 heterocycles. The Balaban J connectivity index is 1.16. The van der Waals surface area contributed by atoms with Crippen molar-refractivity contribution in [3.8, 4) is 11.3 Å². The number of carbonyl (C=O) groups excluding carboxylic acids is 3. The summed E-state index contributed by atoms with van der Waals surface area (Å²) in [6, 6.07) is 13.9. The van der Waals surface area contributed by atoms with E-state index in [-0.39, 0.29) is 46.4 Å². The molecule has 4 aromatic rings. The van der Waals surface area contributed by atoms with Gasteiger partial charge >= 0.3 is 5.97 Å². The lowest BCUT2D eigenvalue weighted by Crippen LogP contribution is -2.71. The molecular weight excluding hydrogens is 777 g/mol. The zero-order valence-corrected chi connectivity index (χ0v) is 31.1. The van der Waals surface area contributed by atoms with E-state index in [4.69, 9.17) is 0 Å². The SMILES string of the molecule is O=C(O)C1=C(CSc2cnn[nH]2)CS[C@H]2C(NC(=O)C(NC(=O)c3ccc(-c4ccc(S(=O)(=O)N(CCO)CCO)cc4)[nH]c3=O)c3ccccc3)C(=O)N12. The zero-order chi connectivity index (χ0) is 39.3. The monoisotopic (exact) mass is 810 g/mol. The number of hydrogen-bond acceptors (Lipinski definition) is 13. The van der Waals surface area contributed by atoms with Crippen LogP contribution in [0.4, 0.5) is 0 Å². The van der Waals surface area contributed by atoms with Crippen molar-refractivity contribution in [2.45, 2.75) is 27.4 Å². The van der Waals surface area contributed by atoms with Crippen molar-refractivity contribution in [2.75, 3.05) is 37.8 Å². The van der Waals surface area contributed by atoms with Crippen molar-refractivity contribution in [1.29, 1.82) is 0 Å². The number of nitrogens with zero attached hydrogens (tertiary/aromatic N) is 4. The van der Waals surface area contributed by atoms with Crippen LogP contribution < -0.4 is 16.2 Å². The number of amides is 3. The summed E-state index contributed by atoms with van der Waals surface area (Å²) in [6.45, 7) is -1.28. The van der Waals surface area contributed by atoms with E-state index in [9.17, 15) is 47.7 Å². The number of aromatic nitrogens is 4. The van der Waals surface area contributed by atoms with Gasteiger partial charge in [-0.3, -0.25) is 29.2 Å². The van der Waals surface area contributed by atoms with Gasteiger partial charge < -0.3 is 30.9 Å². The number of carboxylic acids is 1. The number of carboxylic acid groups (broad SMARTS) is 1. The average Bonchev–Trinajstić information content (AvgIpc) is 3.71. The lowest BCUT2D eigenvalue weighted by molar-refractivity contribution is -0.151. The third kappa shape index (κ3) is 8.35. The Morgan fingerprint density at radius 2 is 1.73 bits per heavy atom. The van der Waals surface area contributed by atoms with Gasteiger partial charge in [0.25, 0.3) is 17.4 Å². The van der Waals surface area contributed by atoms with Crippen LogP contribution >= 0.6 is 23.5 Å². The van der Waals surface area contributed by atoms with Crippen molar-refractivity contribution in [1.82, 2.24) is 40.2 Å². The fourth-order valence-corrected chi connectivity index (χ4v) is 9.65. The van der Waals surface area contributed by atoms with Gasteiger partial charge in [-0.25, -0.2) is 13.2 Å². The van der Waals surface area contributed by atoms with E-state index in [0.29, 0.717) is 21.7 Å². The van der Waals surface area contributed by atoms with Crippen molar-refractivity contribution >= 4 is 57.2 Å². The number of H-pyrrole nitrogens is 2. The summed E-state index contributed by atoms with van der Waals surface area (Å²) in [5.74, 6) is -3.01. The van der Waals surface area contributed by atoms with Gasteiger partial charge in [0.1, 0.15) is 33.7 Å². The highest BCUT2D eigenvalue weighted by Gasteiger charge is 2.54. The Bertz CT molecular complexity index is 2260. The summed E-state index contributed by atoms with van der Waals surface area (Å²) in [6.07, 6.45) is 1.49. The highest BCUT2D eigenvalue weighted by atomic mass is 32.2. The van der Waals surface area contributed by atoms with Crippen LogP contribution in [0.2, 0.25) is 0 Å². The highest BCUT2D eigenvalue weighted by Crippen LogP contribution is 2.41. The number of aliphatic hydroxyl groups excluding tert-OH is 2. The molecule has 2 aliphatic rings. The van der Waals surface area contributed by atoms with E-state index in [1.807, 2.05) is 0 Å². The number of carbonyl (C=O) groups is 4. The van der Waals surface area contributed by atoms with Crippen LogP contribution in [-0.4, -0.2) is 126 Å². The zero-order valence-electron chi connectivity index (χ0n) is 28.6. The summed E-state index contributed by atoms with van der Waals surface area (Å²) in [5.41, 5.74) is 0.263. The maximum Gasteiger partial charge on any atom is 0.352 e. The lowest BCUT2D eigenvalue weighted by atomic mass is 10.0. The summed E-state index contributed by atoms with van der Waals surface area (Å²) in [4.78, 5) is 69.8. The Hall–Kier alpha value is -5.32. The Kier molecular flexibility index (Phi) is 12.2. The summed E-state index contributed by atoms with van der Waals surface area (Å²) in [7, 11) is -4.02. The number of rotatable bonds is 16. The van der Waals surface area contributed by atoms with Crippen LogP contribution in [0, 0.1) is 0 Å². The molecular formula is C34H34N8O10S3. The maximum atomic E-state index is 13.8. The molecule has 2 aromatic heterocycles. The number of aromatic amines is 2. The van der Waals surface area contributed by atoms with E-state index in [1.54, 1.807) is 30.3 Å². The first kappa shape index (κ1) is 39.4. The second kappa shape index (κ2) is 17.0. The van der Waals surface area contributed by atoms with Gasteiger partial charge in [0.2, 0.25) is 15.9 Å². The molecule has 1 saturated heterocycles. The first-order valence-electron chi connectivity index (χ1n) is 16.5. The van der Waals surface area contributed by atoms with Gasteiger partial charge in [0, 0.05) is 30.3 Å². The molecule has 21 heteroatoms. The molecule has 0 saturated carbocycles. The van der Waals surface area contributed by atoms with Crippen LogP contribution in [0.15, 0.2) is 98.9 Å². The molecule has 3 atom stereocenters. The molecule has 0 spiro atoms. The van der Waals surface area contributed by atoms with E-state index in [0.717, 1.165) is 9.21 Å². The van der Waals surface area contributed by atoms with E-state index in [1.165, 1.54) is 66.1 Å². The minimum atomic E-state index is -4.02. The van der Waals surface area contributed by atoms with Crippen molar-refractivity contribution < 1.29 is 42.9 Å². The lowest BCUT2D eigenvalue weighted by Gasteiger charge is -2.49. The molecule has 2 unspecified atom stereocenters. The van der Waals surface area contributed by atoms with Gasteiger partial charge in [-0.05, 0) is 41.0 Å². The van der Waals surface area contributed by atoms with Crippen LogP contribution in [-0.2, 0) is 24.4 Å². The number of aliphatic carboxylic acids is 1. The second-order valence-electron chi connectivity index (χ2n) is 12.1. The number of fused-ring (bicyclic) bond motifs is 1. The number of thioether (sulfide) groups is 2. The van der Waals surface area contributed by atoms with E-state index >= 15 is 0 Å². The van der Waals surface area contributed by atoms with Gasteiger partial charge in [0.15, 0.2) is 0 Å². The topological polar surface area (TPSA) is 268 Å². The molecule has 2 aromatic carbocycles. The summed E-state index contributed by atoms with van der Waals surface area (Å²) >= 11 is 2.57. The Morgan fingerprint density at radius 1 is 1.02 bits per heavy atom. The Labute approximate surface area is 321 Å². The van der Waals surface area contributed by atoms with Gasteiger partial charge in [0.05, 0.1) is 24.3 Å². The second-order valence-corrected chi connectivity index (χ2v) is 16.1.